The summed E-state index contributed by atoms with van der Waals surface area (Å²) in [5.74, 6) is 0.100. The summed E-state index contributed by atoms with van der Waals surface area (Å²) in [7, 11) is 0. The van der Waals surface area contributed by atoms with Crippen molar-refractivity contribution in [1.82, 2.24) is 9.88 Å². The van der Waals surface area contributed by atoms with Crippen LogP contribution in [0.3, 0.4) is 0 Å². The molecule has 2 rings (SSSR count). The van der Waals surface area contributed by atoms with Crippen LogP contribution in [0.1, 0.15) is 42.5 Å². The highest BCUT2D eigenvalue weighted by atomic mass is 16.2. The van der Waals surface area contributed by atoms with Gasteiger partial charge in [-0.25, -0.2) is 0 Å². The molecular formula is C14H21N3O. The van der Waals surface area contributed by atoms with E-state index < -0.39 is 0 Å². The molecule has 4 nitrogen and oxygen atoms in total. The van der Waals surface area contributed by atoms with Gasteiger partial charge in [0.05, 0.1) is 5.56 Å². The van der Waals surface area contributed by atoms with Crippen molar-refractivity contribution in [3.8, 4) is 0 Å². The zero-order valence-electron chi connectivity index (χ0n) is 10.7. The van der Waals surface area contributed by atoms with E-state index in [0.717, 1.165) is 25.8 Å². The van der Waals surface area contributed by atoms with Crippen LogP contribution < -0.4 is 5.73 Å². The Morgan fingerprint density at radius 3 is 2.83 bits per heavy atom. The van der Waals surface area contributed by atoms with Gasteiger partial charge in [-0.3, -0.25) is 9.78 Å². The van der Waals surface area contributed by atoms with E-state index in [-0.39, 0.29) is 5.91 Å². The second kappa shape index (κ2) is 6.50. The zero-order valence-corrected chi connectivity index (χ0v) is 10.7. The number of nitrogens with two attached hydrogens (primary N) is 1. The molecule has 1 aromatic rings. The van der Waals surface area contributed by atoms with Crippen molar-refractivity contribution < 1.29 is 4.79 Å². The van der Waals surface area contributed by atoms with Crippen LogP contribution >= 0.6 is 0 Å². The van der Waals surface area contributed by atoms with Gasteiger partial charge < -0.3 is 10.6 Å². The van der Waals surface area contributed by atoms with Gasteiger partial charge in [-0.2, -0.15) is 0 Å². The first kappa shape index (κ1) is 13.0. The Kier molecular flexibility index (Phi) is 4.70. The number of carbonyl (C=O) groups excluding carboxylic acids is 1. The average molecular weight is 247 g/mol. The van der Waals surface area contributed by atoms with Crippen molar-refractivity contribution >= 4 is 5.91 Å². The molecule has 0 atom stereocenters. The van der Waals surface area contributed by atoms with E-state index in [4.69, 9.17) is 5.73 Å². The van der Waals surface area contributed by atoms with Crippen molar-refractivity contribution in [1.29, 1.82) is 0 Å². The minimum Gasteiger partial charge on any atom is -0.336 e. The van der Waals surface area contributed by atoms with Crippen LogP contribution in [0.25, 0.3) is 0 Å². The first-order valence-electron chi connectivity index (χ1n) is 6.74. The van der Waals surface area contributed by atoms with E-state index in [1.165, 1.54) is 12.8 Å². The Bertz CT molecular complexity index is 374. The van der Waals surface area contributed by atoms with E-state index in [1.54, 1.807) is 12.4 Å². The van der Waals surface area contributed by atoms with Gasteiger partial charge >= 0.3 is 0 Å². The second-order valence-corrected chi connectivity index (χ2v) is 4.82. The smallest absolute Gasteiger partial charge is 0.255 e. The first-order valence-corrected chi connectivity index (χ1v) is 6.74. The van der Waals surface area contributed by atoms with Crippen LogP contribution in [-0.2, 0) is 0 Å². The number of rotatable bonds is 5. The quantitative estimate of drug-likeness (QED) is 0.863. The summed E-state index contributed by atoms with van der Waals surface area (Å²) in [6, 6.07) is 4.03. The molecule has 18 heavy (non-hydrogen) atoms. The van der Waals surface area contributed by atoms with Crippen molar-refractivity contribution in [2.45, 2.75) is 38.1 Å². The highest BCUT2D eigenvalue weighted by Gasteiger charge is 2.26. The fourth-order valence-electron chi connectivity index (χ4n) is 2.58. The van der Waals surface area contributed by atoms with Gasteiger partial charge in [0, 0.05) is 25.0 Å². The lowest BCUT2D eigenvalue weighted by Crippen LogP contribution is -2.40. The second-order valence-electron chi connectivity index (χ2n) is 4.82. The van der Waals surface area contributed by atoms with Crippen LogP contribution in [0.4, 0.5) is 0 Å². The molecule has 0 bridgehead atoms. The fraction of sp³-hybridized carbons (Fsp3) is 0.571. The summed E-state index contributed by atoms with van der Waals surface area (Å²) in [4.78, 5) is 18.5. The van der Waals surface area contributed by atoms with E-state index in [0.29, 0.717) is 18.2 Å². The summed E-state index contributed by atoms with van der Waals surface area (Å²) in [5, 5.41) is 0. The van der Waals surface area contributed by atoms with Gasteiger partial charge in [-0.05, 0) is 37.9 Å². The normalized spacial score (nSPS) is 15.8. The summed E-state index contributed by atoms with van der Waals surface area (Å²) < 4.78 is 0. The molecule has 1 aromatic heterocycles. The minimum absolute atomic E-state index is 0.100. The maximum absolute atomic E-state index is 12.5. The maximum atomic E-state index is 12.5. The van der Waals surface area contributed by atoms with Gasteiger partial charge in [-0.1, -0.05) is 12.8 Å². The Morgan fingerprint density at radius 1 is 1.44 bits per heavy atom. The number of aromatic nitrogens is 1. The third kappa shape index (κ3) is 3.07. The van der Waals surface area contributed by atoms with Gasteiger partial charge in [0.15, 0.2) is 0 Å². The summed E-state index contributed by atoms with van der Waals surface area (Å²) >= 11 is 0. The minimum atomic E-state index is 0.100. The highest BCUT2D eigenvalue weighted by Crippen LogP contribution is 2.24. The molecule has 1 saturated carbocycles. The summed E-state index contributed by atoms with van der Waals surface area (Å²) in [6.07, 6.45) is 8.90. The first-order chi connectivity index (χ1) is 8.83. The van der Waals surface area contributed by atoms with Crippen molar-refractivity contribution in [2.75, 3.05) is 13.1 Å². The topological polar surface area (TPSA) is 59.2 Å². The lowest BCUT2D eigenvalue weighted by Gasteiger charge is -2.29. The lowest BCUT2D eigenvalue weighted by atomic mass is 10.1. The molecule has 98 valence electrons. The Morgan fingerprint density at radius 2 is 2.22 bits per heavy atom. The molecule has 1 aliphatic carbocycles. The molecular weight excluding hydrogens is 226 g/mol. The molecule has 0 aliphatic heterocycles. The van der Waals surface area contributed by atoms with E-state index in [1.807, 2.05) is 17.0 Å². The number of nitrogens with zero attached hydrogens (tertiary/aromatic N) is 2. The molecule has 2 N–H and O–H groups in total. The van der Waals surface area contributed by atoms with Crippen molar-refractivity contribution in [3.05, 3.63) is 30.1 Å². The zero-order chi connectivity index (χ0) is 12.8. The molecule has 0 aromatic carbocycles. The van der Waals surface area contributed by atoms with Crippen molar-refractivity contribution in [2.24, 2.45) is 5.73 Å². The third-order valence-corrected chi connectivity index (χ3v) is 3.54. The number of pyridine rings is 1. The van der Waals surface area contributed by atoms with Gasteiger partial charge in [0.25, 0.3) is 5.91 Å². The van der Waals surface area contributed by atoms with Crippen LogP contribution in [0.2, 0.25) is 0 Å². The van der Waals surface area contributed by atoms with Gasteiger partial charge in [0.1, 0.15) is 0 Å². The molecule has 1 aliphatic rings. The molecule has 0 saturated heterocycles. The Hall–Kier alpha value is -1.42. The fourth-order valence-corrected chi connectivity index (χ4v) is 2.58. The molecule has 1 heterocycles. The van der Waals surface area contributed by atoms with Crippen LogP contribution in [0.15, 0.2) is 24.5 Å². The summed E-state index contributed by atoms with van der Waals surface area (Å²) in [6.45, 7) is 1.39. The van der Waals surface area contributed by atoms with Gasteiger partial charge in [0.2, 0.25) is 0 Å². The van der Waals surface area contributed by atoms with E-state index in [2.05, 4.69) is 4.98 Å². The lowest BCUT2D eigenvalue weighted by molar-refractivity contribution is 0.0680. The monoisotopic (exact) mass is 247 g/mol. The molecule has 4 heteroatoms. The number of hydrogen-bond acceptors (Lipinski definition) is 3. The average Bonchev–Trinajstić information content (AvgIpc) is 2.94. The predicted molar refractivity (Wildman–Crippen MR) is 71.2 cm³/mol. The maximum Gasteiger partial charge on any atom is 0.255 e. The Balaban J connectivity index is 2.09. The standard InChI is InChI=1S/C14H21N3O/c15-8-4-10-17(13-6-1-2-7-13)14(18)12-5-3-9-16-11-12/h3,5,9,11,13H,1-2,4,6-8,10,15H2. The number of carbonyl (C=O) groups is 1. The Labute approximate surface area is 108 Å². The SMILES string of the molecule is NCCCN(C(=O)c1cccnc1)C1CCCC1. The number of hydrogen-bond donors (Lipinski definition) is 1. The van der Waals surface area contributed by atoms with Gasteiger partial charge in [-0.15, -0.1) is 0 Å². The molecule has 0 spiro atoms. The molecule has 1 fully saturated rings. The summed E-state index contributed by atoms with van der Waals surface area (Å²) in [5.41, 5.74) is 6.25. The van der Waals surface area contributed by atoms with Crippen LogP contribution in [0.5, 0.6) is 0 Å². The third-order valence-electron chi connectivity index (χ3n) is 3.54. The van der Waals surface area contributed by atoms with Crippen LogP contribution in [-0.4, -0.2) is 34.9 Å². The molecule has 0 radical (unpaired) electrons. The molecule has 0 unspecified atom stereocenters. The van der Waals surface area contributed by atoms with E-state index >= 15 is 0 Å². The number of amides is 1. The largest absolute Gasteiger partial charge is 0.336 e. The predicted octanol–water partition coefficient (Wildman–Crippen LogP) is 1.82. The van der Waals surface area contributed by atoms with Crippen molar-refractivity contribution in [3.63, 3.8) is 0 Å². The molecule has 1 amide bonds. The van der Waals surface area contributed by atoms with Crippen LogP contribution in [0, 0.1) is 0 Å². The highest BCUT2D eigenvalue weighted by molar-refractivity contribution is 5.94. The van der Waals surface area contributed by atoms with E-state index in [9.17, 15) is 4.79 Å².